The van der Waals surface area contributed by atoms with Gasteiger partial charge < -0.3 is 5.32 Å². The van der Waals surface area contributed by atoms with Crippen molar-refractivity contribution in [3.8, 4) is 0 Å². The number of hydrogen-bond donors (Lipinski definition) is 1. The van der Waals surface area contributed by atoms with E-state index in [2.05, 4.69) is 29.4 Å². The summed E-state index contributed by atoms with van der Waals surface area (Å²) in [5.41, 5.74) is 1.88. The molecule has 4 heteroatoms. The molecule has 1 aromatic heterocycles. The van der Waals surface area contributed by atoms with Gasteiger partial charge >= 0.3 is 0 Å². The summed E-state index contributed by atoms with van der Waals surface area (Å²) in [6.45, 7) is 4.96. The van der Waals surface area contributed by atoms with Crippen LogP contribution in [-0.2, 0) is 0 Å². The third-order valence-corrected chi connectivity index (χ3v) is 3.42. The maximum absolute atomic E-state index is 6.22. The van der Waals surface area contributed by atoms with Crippen molar-refractivity contribution in [1.82, 2.24) is 10.2 Å². The van der Waals surface area contributed by atoms with Crippen LogP contribution in [0.4, 0.5) is 5.69 Å². The summed E-state index contributed by atoms with van der Waals surface area (Å²) >= 11 is 6.22. The van der Waals surface area contributed by atoms with Crippen LogP contribution in [0, 0.1) is 5.92 Å². The molecule has 1 unspecified atom stereocenters. The molecule has 0 fully saturated rings. The highest BCUT2D eigenvalue weighted by Crippen LogP contribution is 2.20. The average molecular weight is 250 g/mol. The summed E-state index contributed by atoms with van der Waals surface area (Å²) in [7, 11) is 0. The van der Waals surface area contributed by atoms with Crippen LogP contribution in [0.2, 0.25) is 0 Å². The van der Waals surface area contributed by atoms with E-state index in [9.17, 15) is 0 Å². The number of aromatic nitrogens is 2. The molecule has 0 bridgehead atoms. The standard InChI is InChI=1S/C13H16ClN3/c1-9(2)11(14)7-15-13-8-16-17-12-6-4-3-5-10(12)13/h3-6,8-9,11H,7H2,1-2H3,(H,15,17). The second-order valence-corrected chi connectivity index (χ2v) is 4.98. The van der Waals surface area contributed by atoms with Gasteiger partial charge in [-0.05, 0) is 12.0 Å². The molecular weight excluding hydrogens is 234 g/mol. The van der Waals surface area contributed by atoms with E-state index in [1.54, 1.807) is 6.20 Å². The Bertz CT molecular complexity index is 493. The second-order valence-electron chi connectivity index (χ2n) is 4.42. The van der Waals surface area contributed by atoms with Crippen LogP contribution in [-0.4, -0.2) is 22.1 Å². The molecule has 1 aromatic carbocycles. The maximum atomic E-state index is 6.22. The lowest BCUT2D eigenvalue weighted by atomic mass is 10.1. The summed E-state index contributed by atoms with van der Waals surface area (Å²) in [5, 5.41) is 12.6. The van der Waals surface area contributed by atoms with Gasteiger partial charge in [-0.2, -0.15) is 10.2 Å². The van der Waals surface area contributed by atoms with Crippen molar-refractivity contribution >= 4 is 28.2 Å². The number of alkyl halides is 1. The monoisotopic (exact) mass is 249 g/mol. The van der Waals surface area contributed by atoms with Gasteiger partial charge in [-0.1, -0.05) is 32.0 Å². The number of halogens is 1. The molecule has 0 amide bonds. The molecule has 0 saturated carbocycles. The smallest absolute Gasteiger partial charge is 0.0950 e. The quantitative estimate of drug-likeness (QED) is 0.845. The molecule has 17 heavy (non-hydrogen) atoms. The van der Waals surface area contributed by atoms with Crippen LogP contribution >= 0.6 is 11.6 Å². The Balaban J connectivity index is 2.19. The van der Waals surface area contributed by atoms with Crippen LogP contribution in [0.3, 0.4) is 0 Å². The molecule has 0 aliphatic heterocycles. The Morgan fingerprint density at radius 3 is 2.82 bits per heavy atom. The van der Waals surface area contributed by atoms with Crippen LogP contribution in [0.25, 0.3) is 10.9 Å². The molecule has 0 aliphatic carbocycles. The van der Waals surface area contributed by atoms with Crippen LogP contribution < -0.4 is 5.32 Å². The largest absolute Gasteiger partial charge is 0.382 e. The predicted octanol–water partition coefficient (Wildman–Crippen LogP) is 3.31. The molecule has 1 atom stereocenters. The fraction of sp³-hybridized carbons (Fsp3) is 0.385. The fourth-order valence-corrected chi connectivity index (χ4v) is 1.67. The molecule has 0 spiro atoms. The molecule has 2 aromatic rings. The van der Waals surface area contributed by atoms with Gasteiger partial charge in [-0.15, -0.1) is 11.6 Å². The van der Waals surface area contributed by atoms with E-state index in [0.717, 1.165) is 23.1 Å². The van der Waals surface area contributed by atoms with E-state index in [0.29, 0.717) is 5.92 Å². The van der Waals surface area contributed by atoms with Gasteiger partial charge in [-0.25, -0.2) is 0 Å². The van der Waals surface area contributed by atoms with Crippen LogP contribution in [0.15, 0.2) is 30.5 Å². The van der Waals surface area contributed by atoms with E-state index < -0.39 is 0 Å². The first kappa shape index (κ1) is 12.1. The van der Waals surface area contributed by atoms with Crippen molar-refractivity contribution in [2.45, 2.75) is 19.2 Å². The minimum Gasteiger partial charge on any atom is -0.382 e. The van der Waals surface area contributed by atoms with E-state index in [-0.39, 0.29) is 5.38 Å². The van der Waals surface area contributed by atoms with E-state index in [1.165, 1.54) is 0 Å². The third kappa shape index (κ3) is 2.86. The second kappa shape index (κ2) is 5.32. The molecule has 1 heterocycles. The number of rotatable bonds is 4. The van der Waals surface area contributed by atoms with E-state index in [1.807, 2.05) is 24.3 Å². The van der Waals surface area contributed by atoms with Gasteiger partial charge in [0.1, 0.15) is 0 Å². The SMILES string of the molecule is CC(C)C(Cl)CNc1cnnc2ccccc12. The number of benzene rings is 1. The number of anilines is 1. The highest BCUT2D eigenvalue weighted by Gasteiger charge is 2.10. The third-order valence-electron chi connectivity index (χ3n) is 2.76. The lowest BCUT2D eigenvalue weighted by molar-refractivity contribution is 0.616. The molecule has 1 N–H and O–H groups in total. The minimum atomic E-state index is 0.113. The van der Waals surface area contributed by atoms with Crippen molar-refractivity contribution in [2.75, 3.05) is 11.9 Å². The van der Waals surface area contributed by atoms with Crippen LogP contribution in [0.1, 0.15) is 13.8 Å². The Hall–Kier alpha value is -1.35. The normalized spacial score (nSPS) is 12.9. The average Bonchev–Trinajstić information content (AvgIpc) is 2.35. The van der Waals surface area contributed by atoms with Crippen molar-refractivity contribution in [1.29, 1.82) is 0 Å². The van der Waals surface area contributed by atoms with Gasteiger partial charge in [-0.3, -0.25) is 0 Å². The van der Waals surface area contributed by atoms with Crippen molar-refractivity contribution < 1.29 is 0 Å². The Morgan fingerprint density at radius 2 is 2.06 bits per heavy atom. The summed E-state index contributed by atoms with van der Waals surface area (Å²) in [5.74, 6) is 0.449. The van der Waals surface area contributed by atoms with Gasteiger partial charge in [0.25, 0.3) is 0 Å². The lowest BCUT2D eigenvalue weighted by Gasteiger charge is -2.15. The first-order valence-electron chi connectivity index (χ1n) is 5.77. The molecule has 2 rings (SSSR count). The zero-order chi connectivity index (χ0) is 12.3. The number of nitrogens with one attached hydrogen (secondary N) is 1. The number of fused-ring (bicyclic) bond motifs is 1. The van der Waals surface area contributed by atoms with Gasteiger partial charge in [0, 0.05) is 11.9 Å². The first-order chi connectivity index (χ1) is 8.18. The topological polar surface area (TPSA) is 37.8 Å². The zero-order valence-electron chi connectivity index (χ0n) is 10.0. The highest BCUT2D eigenvalue weighted by atomic mass is 35.5. The number of hydrogen-bond acceptors (Lipinski definition) is 3. The molecule has 0 saturated heterocycles. The Labute approximate surface area is 106 Å². The van der Waals surface area contributed by atoms with Gasteiger partial charge in [0.05, 0.1) is 22.8 Å². The lowest BCUT2D eigenvalue weighted by Crippen LogP contribution is -2.19. The summed E-state index contributed by atoms with van der Waals surface area (Å²) < 4.78 is 0. The Kier molecular flexibility index (Phi) is 3.79. The first-order valence-corrected chi connectivity index (χ1v) is 6.20. The van der Waals surface area contributed by atoms with Crippen molar-refractivity contribution in [2.24, 2.45) is 5.92 Å². The Morgan fingerprint density at radius 1 is 1.29 bits per heavy atom. The minimum absolute atomic E-state index is 0.113. The van der Waals surface area contributed by atoms with Gasteiger partial charge in [0.2, 0.25) is 0 Å². The zero-order valence-corrected chi connectivity index (χ0v) is 10.8. The van der Waals surface area contributed by atoms with Crippen molar-refractivity contribution in [3.05, 3.63) is 30.5 Å². The number of nitrogens with zero attached hydrogens (tertiary/aromatic N) is 2. The maximum Gasteiger partial charge on any atom is 0.0950 e. The fourth-order valence-electron chi connectivity index (χ4n) is 1.59. The van der Waals surface area contributed by atoms with E-state index >= 15 is 0 Å². The molecule has 90 valence electrons. The molecule has 0 aliphatic rings. The van der Waals surface area contributed by atoms with Crippen LogP contribution in [0.5, 0.6) is 0 Å². The molecule has 3 nitrogen and oxygen atoms in total. The molecular formula is C13H16ClN3. The predicted molar refractivity (Wildman–Crippen MR) is 72.5 cm³/mol. The highest BCUT2D eigenvalue weighted by molar-refractivity contribution is 6.21. The van der Waals surface area contributed by atoms with Crippen molar-refractivity contribution in [3.63, 3.8) is 0 Å². The summed E-state index contributed by atoms with van der Waals surface area (Å²) in [6, 6.07) is 7.94. The summed E-state index contributed by atoms with van der Waals surface area (Å²) in [4.78, 5) is 0. The van der Waals surface area contributed by atoms with E-state index in [4.69, 9.17) is 11.6 Å². The summed E-state index contributed by atoms with van der Waals surface area (Å²) in [6.07, 6.45) is 1.74. The van der Waals surface area contributed by atoms with Gasteiger partial charge in [0.15, 0.2) is 0 Å². The molecule has 0 radical (unpaired) electrons.